The van der Waals surface area contributed by atoms with Crippen molar-refractivity contribution < 1.29 is 24.2 Å². The van der Waals surface area contributed by atoms with Crippen molar-refractivity contribution in [2.75, 3.05) is 6.61 Å². The molecule has 0 saturated carbocycles. The molecule has 5 aromatic rings. The first-order chi connectivity index (χ1) is 19.7. The second-order valence-electron chi connectivity index (χ2n) is 12.2. The fraction of sp³-hybridized carbons (Fsp3) is 0.394. The molecule has 3 aliphatic heterocycles. The van der Waals surface area contributed by atoms with E-state index in [4.69, 9.17) is 9.47 Å². The standard InChI is InChI=1S/C33H33N3O5/c1-4-5-6-11-16-40-30(38)33(39)18-31(2)35-22-14-9-8-13-20(22)25-26-21(17-34-29(26)37)24-19-12-7-10-15-23(19)36(27(24)28(25)35)32(33,3)41-31/h7-10,12-15,39H,4-6,11,16-18H2,1-3H3,(H,34,37)/t31-,32+,33?/m0/s1. The summed E-state index contributed by atoms with van der Waals surface area (Å²) in [6.07, 6.45) is 3.87. The first-order valence-corrected chi connectivity index (χ1v) is 14.7. The van der Waals surface area contributed by atoms with E-state index >= 15 is 0 Å². The fourth-order valence-corrected chi connectivity index (χ4v) is 8.00. The van der Waals surface area contributed by atoms with Crippen molar-refractivity contribution in [2.45, 2.75) is 76.5 Å². The number of amides is 1. The number of fused-ring (bicyclic) bond motifs is 13. The Kier molecular flexibility index (Phi) is 4.92. The molecule has 3 aliphatic rings. The van der Waals surface area contributed by atoms with Gasteiger partial charge in [0.15, 0.2) is 5.72 Å². The minimum absolute atomic E-state index is 0.00517. The molecule has 8 heteroatoms. The van der Waals surface area contributed by atoms with E-state index < -0.39 is 23.0 Å². The second-order valence-corrected chi connectivity index (χ2v) is 12.2. The van der Waals surface area contributed by atoms with Gasteiger partial charge in [0.25, 0.3) is 5.91 Å². The van der Waals surface area contributed by atoms with Crippen molar-refractivity contribution in [1.82, 2.24) is 14.5 Å². The SMILES string of the molecule is CCCCCCOC(=O)C1(O)C[C@]2(C)O[C@@]1(C)n1c3ccccc3c3c4c(c5c6ccccc6n2c5c31)C(=O)NC4. The van der Waals surface area contributed by atoms with Crippen molar-refractivity contribution in [1.29, 1.82) is 0 Å². The third-order valence-corrected chi connectivity index (χ3v) is 9.72. The molecule has 5 heterocycles. The Hall–Kier alpha value is -3.88. The molecule has 2 aromatic heterocycles. The van der Waals surface area contributed by atoms with Crippen LogP contribution in [-0.4, -0.2) is 38.3 Å². The number of para-hydroxylation sites is 2. The van der Waals surface area contributed by atoms with Crippen molar-refractivity contribution in [3.8, 4) is 0 Å². The van der Waals surface area contributed by atoms with Crippen LogP contribution in [0.3, 0.4) is 0 Å². The number of aromatic nitrogens is 2. The van der Waals surface area contributed by atoms with Crippen LogP contribution in [0, 0.1) is 0 Å². The van der Waals surface area contributed by atoms with E-state index in [1.165, 1.54) is 0 Å². The highest BCUT2D eigenvalue weighted by Gasteiger charge is 2.69. The first kappa shape index (κ1) is 24.9. The molecule has 41 heavy (non-hydrogen) atoms. The van der Waals surface area contributed by atoms with Gasteiger partial charge in [-0.3, -0.25) is 4.79 Å². The molecule has 1 saturated heterocycles. The Morgan fingerprint density at radius 3 is 2.37 bits per heavy atom. The minimum Gasteiger partial charge on any atom is -0.463 e. The molecule has 3 aromatic carbocycles. The third kappa shape index (κ3) is 2.87. The molecule has 0 spiro atoms. The van der Waals surface area contributed by atoms with Crippen LogP contribution in [0.2, 0.25) is 0 Å². The topological polar surface area (TPSA) is 94.7 Å². The predicted molar refractivity (Wildman–Crippen MR) is 157 cm³/mol. The van der Waals surface area contributed by atoms with Crippen LogP contribution in [0.5, 0.6) is 0 Å². The van der Waals surface area contributed by atoms with Crippen LogP contribution in [-0.2, 0) is 32.3 Å². The average Bonchev–Trinajstić information content (AvgIpc) is 3.65. The van der Waals surface area contributed by atoms with E-state index in [0.717, 1.165) is 74.9 Å². The van der Waals surface area contributed by atoms with Gasteiger partial charge in [-0.15, -0.1) is 0 Å². The predicted octanol–water partition coefficient (Wildman–Crippen LogP) is 5.78. The molecule has 2 N–H and O–H groups in total. The molecule has 8 nitrogen and oxygen atoms in total. The average molecular weight is 552 g/mol. The van der Waals surface area contributed by atoms with Gasteiger partial charge in [-0.1, -0.05) is 62.6 Å². The van der Waals surface area contributed by atoms with Crippen LogP contribution < -0.4 is 5.32 Å². The molecule has 2 bridgehead atoms. The van der Waals surface area contributed by atoms with Crippen LogP contribution in [0.15, 0.2) is 48.5 Å². The maximum atomic E-state index is 13.9. The number of nitrogens with one attached hydrogen (secondary N) is 1. The van der Waals surface area contributed by atoms with Crippen LogP contribution >= 0.6 is 0 Å². The van der Waals surface area contributed by atoms with E-state index in [-0.39, 0.29) is 18.9 Å². The fourth-order valence-electron chi connectivity index (χ4n) is 8.00. The molecule has 0 aliphatic carbocycles. The van der Waals surface area contributed by atoms with Crippen molar-refractivity contribution >= 4 is 55.5 Å². The Labute approximate surface area is 236 Å². The number of nitrogens with zero attached hydrogens (tertiary/aromatic N) is 2. The molecule has 3 atom stereocenters. The van der Waals surface area contributed by atoms with Gasteiger partial charge in [0.1, 0.15) is 5.72 Å². The summed E-state index contributed by atoms with van der Waals surface area (Å²) in [6.45, 7) is 6.53. The van der Waals surface area contributed by atoms with Crippen molar-refractivity contribution in [3.63, 3.8) is 0 Å². The van der Waals surface area contributed by atoms with Gasteiger partial charge in [0.05, 0.1) is 34.2 Å². The van der Waals surface area contributed by atoms with Gasteiger partial charge in [0, 0.05) is 34.5 Å². The van der Waals surface area contributed by atoms with Crippen molar-refractivity contribution in [3.05, 3.63) is 59.7 Å². The lowest BCUT2D eigenvalue weighted by molar-refractivity contribution is -0.217. The van der Waals surface area contributed by atoms with E-state index in [9.17, 15) is 14.7 Å². The monoisotopic (exact) mass is 551 g/mol. The number of carbonyl (C=O) groups excluding carboxylic acids is 2. The molecule has 0 radical (unpaired) electrons. The van der Waals surface area contributed by atoms with Gasteiger partial charge in [-0.2, -0.15) is 0 Å². The zero-order chi connectivity index (χ0) is 28.3. The summed E-state index contributed by atoms with van der Waals surface area (Å²) < 4.78 is 16.9. The first-order valence-electron chi connectivity index (χ1n) is 14.7. The van der Waals surface area contributed by atoms with Gasteiger partial charge in [-0.25, -0.2) is 4.79 Å². The number of aliphatic hydroxyl groups is 1. The number of ether oxygens (including phenoxy) is 2. The highest BCUT2D eigenvalue weighted by molar-refractivity contribution is 6.31. The summed E-state index contributed by atoms with van der Waals surface area (Å²) in [7, 11) is 0. The molecular formula is C33H33N3O5. The van der Waals surface area contributed by atoms with Crippen LogP contribution in [0.4, 0.5) is 0 Å². The molecule has 8 rings (SSSR count). The summed E-state index contributed by atoms with van der Waals surface area (Å²) in [4.78, 5) is 27.4. The normalized spacial score (nSPS) is 26.4. The smallest absolute Gasteiger partial charge is 0.343 e. The van der Waals surface area contributed by atoms with Crippen LogP contribution in [0.1, 0.15) is 68.8 Å². The van der Waals surface area contributed by atoms with E-state index in [0.29, 0.717) is 12.1 Å². The highest BCUT2D eigenvalue weighted by Crippen LogP contribution is 2.59. The number of hydrogen-bond donors (Lipinski definition) is 2. The lowest BCUT2D eigenvalue weighted by Gasteiger charge is -2.38. The van der Waals surface area contributed by atoms with Gasteiger partial charge in [-0.05, 0) is 38.0 Å². The molecule has 1 fully saturated rings. The van der Waals surface area contributed by atoms with Crippen LogP contribution in [0.25, 0.3) is 43.6 Å². The summed E-state index contributed by atoms with van der Waals surface area (Å²) in [5.41, 5.74) is 0.520. The lowest BCUT2D eigenvalue weighted by atomic mass is 9.86. The number of esters is 1. The zero-order valence-corrected chi connectivity index (χ0v) is 23.5. The Balaban J connectivity index is 1.50. The largest absolute Gasteiger partial charge is 0.463 e. The molecular weight excluding hydrogens is 518 g/mol. The number of rotatable bonds is 6. The molecule has 1 amide bonds. The van der Waals surface area contributed by atoms with Gasteiger partial charge >= 0.3 is 5.97 Å². The Morgan fingerprint density at radius 1 is 0.976 bits per heavy atom. The quantitative estimate of drug-likeness (QED) is 0.206. The summed E-state index contributed by atoms with van der Waals surface area (Å²) >= 11 is 0. The van der Waals surface area contributed by atoms with E-state index in [2.05, 4.69) is 16.8 Å². The third-order valence-electron chi connectivity index (χ3n) is 9.72. The van der Waals surface area contributed by atoms with Crippen molar-refractivity contribution in [2.24, 2.45) is 0 Å². The van der Waals surface area contributed by atoms with E-state index in [1.54, 1.807) is 6.92 Å². The number of unbranched alkanes of at least 4 members (excludes halogenated alkanes) is 3. The maximum absolute atomic E-state index is 13.9. The molecule has 210 valence electrons. The van der Waals surface area contributed by atoms with Gasteiger partial charge < -0.3 is 29.0 Å². The maximum Gasteiger partial charge on any atom is 0.343 e. The second kappa shape index (κ2) is 8.11. The summed E-state index contributed by atoms with van der Waals surface area (Å²) in [6, 6.07) is 16.0. The molecule has 1 unspecified atom stereocenters. The number of carbonyl (C=O) groups is 2. The lowest BCUT2D eigenvalue weighted by Crippen LogP contribution is -2.56. The Morgan fingerprint density at radius 2 is 1.63 bits per heavy atom. The summed E-state index contributed by atoms with van der Waals surface area (Å²) in [5, 5.41) is 19.3. The number of benzene rings is 3. The summed E-state index contributed by atoms with van der Waals surface area (Å²) in [5.74, 6) is -0.753. The zero-order valence-electron chi connectivity index (χ0n) is 23.5. The van der Waals surface area contributed by atoms with Gasteiger partial charge in [0.2, 0.25) is 5.60 Å². The minimum atomic E-state index is -1.97. The number of hydrogen-bond acceptors (Lipinski definition) is 5. The Bertz CT molecular complexity index is 1970. The highest BCUT2D eigenvalue weighted by atomic mass is 16.6. The van der Waals surface area contributed by atoms with E-state index in [1.807, 2.05) is 60.0 Å².